The van der Waals surface area contributed by atoms with Crippen molar-refractivity contribution in [3.8, 4) is 0 Å². The van der Waals surface area contributed by atoms with Crippen molar-refractivity contribution in [3.63, 3.8) is 0 Å². The third kappa shape index (κ3) is 5.46. The van der Waals surface area contributed by atoms with Crippen molar-refractivity contribution in [1.82, 2.24) is 25.7 Å². The molecule has 1 aromatic carbocycles. The molecule has 3 amide bonds. The van der Waals surface area contributed by atoms with E-state index in [0.29, 0.717) is 26.2 Å². The number of urea groups is 1. The molecule has 0 saturated heterocycles. The van der Waals surface area contributed by atoms with Crippen molar-refractivity contribution in [1.29, 1.82) is 0 Å². The minimum Gasteiger partial charge on any atom is -0.459 e. The third-order valence-electron chi connectivity index (χ3n) is 3.89. The van der Waals surface area contributed by atoms with Crippen LogP contribution in [0.5, 0.6) is 0 Å². The summed E-state index contributed by atoms with van der Waals surface area (Å²) in [7, 11) is 0. The first-order valence-corrected chi connectivity index (χ1v) is 8.60. The number of hydrogen-bond acceptors (Lipinski definition) is 4. The molecule has 0 spiro atoms. The van der Waals surface area contributed by atoms with Gasteiger partial charge < -0.3 is 20.4 Å². The number of carbonyl (C=O) groups is 2. The Labute approximate surface area is 156 Å². The Morgan fingerprint density at radius 2 is 1.78 bits per heavy atom. The fourth-order valence-corrected chi connectivity index (χ4v) is 2.54. The second-order valence-corrected chi connectivity index (χ2v) is 5.82. The van der Waals surface area contributed by atoms with E-state index in [0.717, 1.165) is 11.1 Å². The van der Waals surface area contributed by atoms with Crippen LogP contribution in [-0.2, 0) is 13.1 Å². The smallest absolute Gasteiger partial charge is 0.315 e. The van der Waals surface area contributed by atoms with Crippen molar-refractivity contribution in [2.75, 3.05) is 13.1 Å². The Kier molecular flexibility index (Phi) is 6.24. The highest BCUT2D eigenvalue weighted by Gasteiger charge is 2.08. The number of furan rings is 1. The molecule has 8 nitrogen and oxygen atoms in total. The Morgan fingerprint density at radius 3 is 2.52 bits per heavy atom. The number of benzene rings is 1. The lowest BCUT2D eigenvalue weighted by Gasteiger charge is -2.12. The second-order valence-electron chi connectivity index (χ2n) is 5.82. The first-order valence-electron chi connectivity index (χ1n) is 8.60. The summed E-state index contributed by atoms with van der Waals surface area (Å²) in [4.78, 5) is 23.6. The summed E-state index contributed by atoms with van der Waals surface area (Å²) >= 11 is 0. The van der Waals surface area contributed by atoms with Crippen molar-refractivity contribution in [2.24, 2.45) is 0 Å². The zero-order valence-electron chi connectivity index (χ0n) is 14.7. The van der Waals surface area contributed by atoms with Crippen LogP contribution >= 0.6 is 0 Å². The van der Waals surface area contributed by atoms with E-state index >= 15 is 0 Å². The van der Waals surface area contributed by atoms with Crippen molar-refractivity contribution in [2.45, 2.75) is 13.1 Å². The van der Waals surface area contributed by atoms with Crippen LogP contribution in [0.3, 0.4) is 0 Å². The van der Waals surface area contributed by atoms with Gasteiger partial charge in [0.1, 0.15) is 0 Å². The molecule has 3 aromatic rings. The quantitative estimate of drug-likeness (QED) is 0.528. The molecule has 0 fully saturated rings. The Bertz CT molecular complexity index is 859. The molecule has 0 radical (unpaired) electrons. The summed E-state index contributed by atoms with van der Waals surface area (Å²) in [5, 5.41) is 12.4. The maximum Gasteiger partial charge on any atom is 0.315 e. The molecular weight excluding hydrogens is 346 g/mol. The second kappa shape index (κ2) is 9.23. The van der Waals surface area contributed by atoms with Crippen LogP contribution in [0.15, 0.2) is 65.5 Å². The van der Waals surface area contributed by atoms with Gasteiger partial charge in [-0.25, -0.2) is 4.79 Å². The SMILES string of the molecule is O=C(NCCNC(=O)c1ccco1)NCc1ccccc1Cn1cccn1. The van der Waals surface area contributed by atoms with Crippen LogP contribution < -0.4 is 16.0 Å². The van der Waals surface area contributed by atoms with Gasteiger partial charge in [-0.05, 0) is 29.3 Å². The fraction of sp³-hybridized carbons (Fsp3) is 0.211. The van der Waals surface area contributed by atoms with E-state index in [9.17, 15) is 9.59 Å². The molecule has 8 heteroatoms. The molecule has 0 unspecified atom stereocenters. The predicted molar refractivity (Wildman–Crippen MR) is 99.1 cm³/mol. The average molecular weight is 367 g/mol. The molecule has 0 aliphatic heterocycles. The number of nitrogens with one attached hydrogen (secondary N) is 3. The fourth-order valence-electron chi connectivity index (χ4n) is 2.54. The van der Waals surface area contributed by atoms with E-state index in [1.165, 1.54) is 6.26 Å². The zero-order chi connectivity index (χ0) is 18.9. The lowest BCUT2D eigenvalue weighted by molar-refractivity contribution is 0.0926. The van der Waals surface area contributed by atoms with Gasteiger partial charge in [0.25, 0.3) is 5.91 Å². The highest BCUT2D eigenvalue weighted by Crippen LogP contribution is 2.10. The Morgan fingerprint density at radius 1 is 0.963 bits per heavy atom. The van der Waals surface area contributed by atoms with Crippen LogP contribution in [0.4, 0.5) is 4.79 Å². The Balaban J connectivity index is 1.40. The number of aromatic nitrogens is 2. The molecule has 140 valence electrons. The number of hydrogen-bond donors (Lipinski definition) is 3. The maximum absolute atomic E-state index is 11.9. The van der Waals surface area contributed by atoms with E-state index in [2.05, 4.69) is 21.0 Å². The van der Waals surface area contributed by atoms with E-state index < -0.39 is 0 Å². The summed E-state index contributed by atoms with van der Waals surface area (Å²) in [5.41, 5.74) is 2.11. The van der Waals surface area contributed by atoms with Gasteiger partial charge in [0.05, 0.1) is 12.8 Å². The molecule has 0 saturated carbocycles. The molecule has 0 atom stereocenters. The van der Waals surface area contributed by atoms with Gasteiger partial charge in [-0.3, -0.25) is 9.48 Å². The van der Waals surface area contributed by atoms with E-state index in [1.54, 1.807) is 18.3 Å². The number of amides is 3. The minimum atomic E-state index is -0.310. The molecule has 2 aromatic heterocycles. The molecule has 27 heavy (non-hydrogen) atoms. The van der Waals surface area contributed by atoms with Gasteiger partial charge in [-0.1, -0.05) is 24.3 Å². The van der Waals surface area contributed by atoms with Crippen molar-refractivity contribution in [3.05, 3.63) is 78.0 Å². The minimum absolute atomic E-state index is 0.244. The van der Waals surface area contributed by atoms with E-state index in [1.807, 2.05) is 41.2 Å². The maximum atomic E-state index is 11.9. The van der Waals surface area contributed by atoms with Crippen LogP contribution in [0.1, 0.15) is 21.7 Å². The standard InChI is InChI=1S/C19H21N5O3/c25-18(17-7-3-12-27-17)20-9-10-21-19(26)22-13-15-5-1-2-6-16(15)14-24-11-4-8-23-24/h1-8,11-12H,9-10,13-14H2,(H,20,25)(H2,21,22,26). The molecule has 3 N–H and O–H groups in total. The highest BCUT2D eigenvalue weighted by molar-refractivity contribution is 5.91. The molecule has 0 aliphatic rings. The zero-order valence-corrected chi connectivity index (χ0v) is 14.7. The van der Waals surface area contributed by atoms with E-state index in [4.69, 9.17) is 4.42 Å². The number of nitrogens with zero attached hydrogens (tertiary/aromatic N) is 2. The lowest BCUT2D eigenvalue weighted by atomic mass is 10.1. The van der Waals surface area contributed by atoms with Crippen LogP contribution in [-0.4, -0.2) is 34.8 Å². The predicted octanol–water partition coefficient (Wildman–Crippen LogP) is 1.75. The highest BCUT2D eigenvalue weighted by atomic mass is 16.3. The normalized spacial score (nSPS) is 10.4. The van der Waals surface area contributed by atoms with Gasteiger partial charge in [0.15, 0.2) is 5.76 Å². The van der Waals surface area contributed by atoms with Gasteiger partial charge in [0.2, 0.25) is 0 Å². The van der Waals surface area contributed by atoms with Crippen molar-refractivity contribution < 1.29 is 14.0 Å². The molecule has 3 rings (SSSR count). The summed E-state index contributed by atoms with van der Waals surface area (Å²) in [6.45, 7) is 1.67. The third-order valence-corrected chi connectivity index (χ3v) is 3.89. The first-order chi connectivity index (χ1) is 13.2. The van der Waals surface area contributed by atoms with Gasteiger partial charge in [0, 0.05) is 32.0 Å². The number of carbonyl (C=O) groups excluding carboxylic acids is 2. The van der Waals surface area contributed by atoms with Gasteiger partial charge >= 0.3 is 6.03 Å². The Hall–Kier alpha value is -3.55. The van der Waals surface area contributed by atoms with Crippen LogP contribution in [0, 0.1) is 0 Å². The average Bonchev–Trinajstić information content (AvgIpc) is 3.38. The summed E-state index contributed by atoms with van der Waals surface area (Å²) in [5.74, 6) is -0.0667. The molecule has 0 bridgehead atoms. The van der Waals surface area contributed by atoms with Crippen LogP contribution in [0.2, 0.25) is 0 Å². The summed E-state index contributed by atoms with van der Waals surface area (Å²) in [6.07, 6.45) is 5.07. The monoisotopic (exact) mass is 367 g/mol. The van der Waals surface area contributed by atoms with Gasteiger partial charge in [-0.2, -0.15) is 5.10 Å². The topological polar surface area (TPSA) is 101 Å². The molecule has 0 aliphatic carbocycles. The van der Waals surface area contributed by atoms with Crippen molar-refractivity contribution >= 4 is 11.9 Å². The first kappa shape index (κ1) is 18.2. The summed E-state index contributed by atoms with van der Waals surface area (Å²) in [6, 6.07) is 12.7. The van der Waals surface area contributed by atoms with E-state index in [-0.39, 0.29) is 17.7 Å². The van der Waals surface area contributed by atoms with Gasteiger partial charge in [-0.15, -0.1) is 0 Å². The largest absolute Gasteiger partial charge is 0.459 e. The summed E-state index contributed by atoms with van der Waals surface area (Å²) < 4.78 is 6.83. The molecule has 2 heterocycles. The van der Waals surface area contributed by atoms with Crippen LogP contribution in [0.25, 0.3) is 0 Å². The molecular formula is C19H21N5O3. The lowest BCUT2D eigenvalue weighted by Crippen LogP contribution is -2.40. The number of rotatable bonds is 8.